The number of nitrogens with zero attached hydrogens (tertiary/aromatic N) is 1. The van der Waals surface area contributed by atoms with Crippen molar-refractivity contribution in [3.8, 4) is 5.75 Å². The number of amides is 3. The molecule has 1 aromatic carbocycles. The molecule has 1 aromatic rings. The Bertz CT molecular complexity index is 904. The average molecular weight is 445 g/mol. The second kappa shape index (κ2) is 9.71. The van der Waals surface area contributed by atoms with Crippen molar-refractivity contribution in [2.24, 2.45) is 5.41 Å². The van der Waals surface area contributed by atoms with Crippen molar-refractivity contribution in [3.05, 3.63) is 29.3 Å². The molecule has 2 aliphatic rings. The zero-order chi connectivity index (χ0) is 23.5. The maximum atomic E-state index is 13.4. The fourth-order valence-electron chi connectivity index (χ4n) is 4.43. The highest BCUT2D eigenvalue weighted by Crippen LogP contribution is 2.50. The number of rotatable bonds is 8. The minimum absolute atomic E-state index is 0.173. The predicted octanol–water partition coefficient (Wildman–Crippen LogP) is 3.84. The smallest absolute Gasteiger partial charge is 0.319 e. The third-order valence-corrected chi connectivity index (χ3v) is 5.91. The van der Waals surface area contributed by atoms with Crippen LogP contribution in [-0.2, 0) is 19.3 Å². The van der Waals surface area contributed by atoms with Crippen molar-refractivity contribution < 1.29 is 29.0 Å². The first kappa shape index (κ1) is 23.8. The highest BCUT2D eigenvalue weighted by molar-refractivity contribution is 6.06. The van der Waals surface area contributed by atoms with Gasteiger partial charge >= 0.3 is 5.97 Å². The van der Waals surface area contributed by atoms with Crippen molar-refractivity contribution in [2.45, 2.75) is 84.7 Å². The van der Waals surface area contributed by atoms with E-state index in [-0.39, 0.29) is 36.8 Å². The zero-order valence-electron chi connectivity index (χ0n) is 19.2. The second-order valence-electron chi connectivity index (χ2n) is 9.51. The van der Waals surface area contributed by atoms with E-state index in [1.165, 1.54) is 0 Å². The highest BCUT2D eigenvalue weighted by atomic mass is 17.2. The van der Waals surface area contributed by atoms with Crippen LogP contribution in [0.25, 0.3) is 0 Å². The summed E-state index contributed by atoms with van der Waals surface area (Å²) in [6, 6.07) is 3.75. The summed E-state index contributed by atoms with van der Waals surface area (Å²) in [7, 11) is 0. The number of benzene rings is 1. The van der Waals surface area contributed by atoms with Crippen LogP contribution in [0.5, 0.6) is 5.75 Å². The molecule has 8 heteroatoms. The first-order valence-corrected chi connectivity index (χ1v) is 11.3. The number of fused-ring (bicyclic) bond motifs is 1. The number of imide groups is 1. The second-order valence-corrected chi connectivity index (χ2v) is 9.51. The Balaban J connectivity index is 1.85. The third kappa shape index (κ3) is 4.95. The van der Waals surface area contributed by atoms with Crippen LogP contribution in [-0.4, -0.2) is 34.6 Å². The summed E-state index contributed by atoms with van der Waals surface area (Å²) in [5.41, 5.74) is 0.548. The molecule has 0 spiro atoms. The Morgan fingerprint density at radius 1 is 1.16 bits per heavy atom. The molecular formula is C24H32N2O6. The van der Waals surface area contributed by atoms with Gasteiger partial charge in [-0.15, -0.1) is 0 Å². The minimum Gasteiger partial charge on any atom is -0.319 e. The summed E-state index contributed by atoms with van der Waals surface area (Å²) >= 11 is 0. The quantitative estimate of drug-likeness (QED) is 0.283. The molecule has 0 bridgehead atoms. The van der Waals surface area contributed by atoms with Crippen LogP contribution in [0, 0.1) is 5.41 Å². The molecule has 2 unspecified atom stereocenters. The number of piperidine rings is 1. The lowest BCUT2D eigenvalue weighted by Gasteiger charge is -2.40. The van der Waals surface area contributed by atoms with Gasteiger partial charge in [-0.1, -0.05) is 53.0 Å². The topological polar surface area (TPSA) is 102 Å². The van der Waals surface area contributed by atoms with Gasteiger partial charge in [0, 0.05) is 17.5 Å². The van der Waals surface area contributed by atoms with Gasteiger partial charge in [0.05, 0.1) is 12.5 Å². The van der Waals surface area contributed by atoms with Gasteiger partial charge in [-0.3, -0.25) is 29.5 Å². The van der Waals surface area contributed by atoms with E-state index in [0.717, 1.165) is 25.7 Å². The summed E-state index contributed by atoms with van der Waals surface area (Å²) in [5.74, 6) is -1.29. The molecule has 174 valence electrons. The van der Waals surface area contributed by atoms with Crippen LogP contribution in [0.2, 0.25) is 0 Å². The molecule has 2 aliphatic heterocycles. The van der Waals surface area contributed by atoms with Crippen molar-refractivity contribution >= 4 is 23.7 Å². The molecule has 1 fully saturated rings. The SMILES string of the molecule is CCCCCCC(=O)OOc1cccc2c1C(C(C)(C)C)N(C1CCC(=O)NC1=O)C2=O. The molecule has 0 saturated carbocycles. The van der Waals surface area contributed by atoms with Gasteiger partial charge in [0.15, 0.2) is 5.75 Å². The number of carbonyl (C=O) groups is 4. The Labute approximate surface area is 188 Å². The monoisotopic (exact) mass is 444 g/mol. The van der Waals surface area contributed by atoms with Crippen LogP contribution < -0.4 is 10.2 Å². The molecule has 2 atom stereocenters. The number of carbonyl (C=O) groups excluding carboxylic acids is 4. The molecule has 32 heavy (non-hydrogen) atoms. The van der Waals surface area contributed by atoms with Crippen LogP contribution in [0.4, 0.5) is 0 Å². The predicted molar refractivity (Wildman–Crippen MR) is 116 cm³/mol. The summed E-state index contributed by atoms with van der Waals surface area (Å²) in [5, 5.41) is 2.34. The maximum Gasteiger partial charge on any atom is 0.355 e. The van der Waals surface area contributed by atoms with Crippen LogP contribution >= 0.6 is 0 Å². The number of unbranched alkanes of at least 4 members (excludes halogenated alkanes) is 3. The molecule has 8 nitrogen and oxygen atoms in total. The third-order valence-electron chi connectivity index (χ3n) is 5.91. The van der Waals surface area contributed by atoms with E-state index in [9.17, 15) is 19.2 Å². The van der Waals surface area contributed by atoms with Gasteiger partial charge in [0.1, 0.15) is 6.04 Å². The molecule has 3 amide bonds. The molecule has 1 saturated heterocycles. The van der Waals surface area contributed by atoms with E-state index in [1.807, 2.05) is 20.8 Å². The Hall–Kier alpha value is -2.90. The van der Waals surface area contributed by atoms with Gasteiger partial charge in [-0.2, -0.15) is 0 Å². The first-order chi connectivity index (χ1) is 15.1. The van der Waals surface area contributed by atoms with E-state index in [1.54, 1.807) is 23.1 Å². The van der Waals surface area contributed by atoms with Crippen molar-refractivity contribution in [2.75, 3.05) is 0 Å². The zero-order valence-corrected chi connectivity index (χ0v) is 19.2. The van der Waals surface area contributed by atoms with Gasteiger partial charge in [-0.05, 0) is 30.4 Å². The fraction of sp³-hybridized carbons (Fsp3) is 0.583. The lowest BCUT2D eigenvalue weighted by molar-refractivity contribution is -0.214. The fourth-order valence-corrected chi connectivity index (χ4v) is 4.43. The number of hydrogen-bond acceptors (Lipinski definition) is 6. The molecule has 0 aromatic heterocycles. The van der Waals surface area contributed by atoms with E-state index in [4.69, 9.17) is 9.78 Å². The van der Waals surface area contributed by atoms with E-state index < -0.39 is 29.4 Å². The van der Waals surface area contributed by atoms with Gasteiger partial charge in [0.25, 0.3) is 5.91 Å². The van der Waals surface area contributed by atoms with Gasteiger partial charge < -0.3 is 4.90 Å². The summed E-state index contributed by atoms with van der Waals surface area (Å²) in [6.07, 6.45) is 4.52. The van der Waals surface area contributed by atoms with Crippen molar-refractivity contribution in [1.82, 2.24) is 10.2 Å². The Kier molecular flexibility index (Phi) is 7.21. The van der Waals surface area contributed by atoms with Gasteiger partial charge in [-0.25, -0.2) is 4.79 Å². The van der Waals surface area contributed by atoms with E-state index in [0.29, 0.717) is 11.1 Å². The van der Waals surface area contributed by atoms with Crippen LogP contribution in [0.15, 0.2) is 18.2 Å². The van der Waals surface area contributed by atoms with Gasteiger partial charge in [0.2, 0.25) is 11.8 Å². The van der Waals surface area contributed by atoms with E-state index >= 15 is 0 Å². The van der Waals surface area contributed by atoms with Crippen molar-refractivity contribution in [3.63, 3.8) is 0 Å². The summed E-state index contributed by atoms with van der Waals surface area (Å²) in [4.78, 5) is 61.7. The Morgan fingerprint density at radius 2 is 1.91 bits per heavy atom. The standard InChI is InChI=1S/C24H32N2O6/c1-5-6-7-8-12-19(28)32-31-17-11-9-10-15-20(17)21(24(2,3)4)26(23(15)30)16-13-14-18(27)25-22(16)29/h9-11,16,21H,5-8,12-14H2,1-4H3,(H,25,27,29). The number of hydrogen-bond donors (Lipinski definition) is 1. The lowest BCUT2D eigenvalue weighted by Crippen LogP contribution is -2.54. The van der Waals surface area contributed by atoms with Crippen molar-refractivity contribution in [1.29, 1.82) is 0 Å². The van der Waals surface area contributed by atoms with Crippen LogP contribution in [0.1, 0.15) is 94.6 Å². The first-order valence-electron chi connectivity index (χ1n) is 11.3. The largest absolute Gasteiger partial charge is 0.355 e. The van der Waals surface area contributed by atoms with Crippen LogP contribution in [0.3, 0.4) is 0 Å². The highest BCUT2D eigenvalue weighted by Gasteiger charge is 2.50. The normalized spacial score (nSPS) is 20.8. The molecular weight excluding hydrogens is 412 g/mol. The number of nitrogens with one attached hydrogen (secondary N) is 1. The minimum atomic E-state index is -0.759. The Morgan fingerprint density at radius 3 is 2.56 bits per heavy atom. The summed E-state index contributed by atoms with van der Waals surface area (Å²) < 4.78 is 0. The lowest BCUT2D eigenvalue weighted by atomic mass is 9.81. The maximum absolute atomic E-state index is 13.4. The molecule has 0 aliphatic carbocycles. The molecule has 0 radical (unpaired) electrons. The molecule has 2 heterocycles. The summed E-state index contributed by atoms with van der Waals surface area (Å²) in [6.45, 7) is 8.00. The molecule has 1 N–H and O–H groups in total. The van der Waals surface area contributed by atoms with E-state index in [2.05, 4.69) is 12.2 Å². The average Bonchev–Trinajstić information content (AvgIpc) is 3.03. The molecule has 3 rings (SSSR count).